The first-order valence-corrected chi connectivity index (χ1v) is 8.35. The fourth-order valence-electron chi connectivity index (χ4n) is 2.00. The van der Waals surface area contributed by atoms with E-state index >= 15 is 0 Å². The molecule has 140 valence electrons. The average molecular weight is 352 g/mol. The van der Waals surface area contributed by atoms with Crippen LogP contribution in [0.2, 0.25) is 0 Å². The van der Waals surface area contributed by atoms with Gasteiger partial charge in [0.05, 0.1) is 12.6 Å². The number of amides is 2. The molecule has 0 spiro atoms. The van der Waals surface area contributed by atoms with Gasteiger partial charge in [-0.1, -0.05) is 30.3 Å². The third-order valence-electron chi connectivity index (χ3n) is 3.15. The molecular formula is C18H28N2O5. The molecule has 2 amide bonds. The van der Waals surface area contributed by atoms with Gasteiger partial charge in [-0.3, -0.25) is 0 Å². The molecule has 0 aliphatic carbocycles. The zero-order valence-corrected chi connectivity index (χ0v) is 15.1. The van der Waals surface area contributed by atoms with Crippen LogP contribution in [-0.2, 0) is 16.1 Å². The average Bonchev–Trinajstić information content (AvgIpc) is 2.55. The summed E-state index contributed by atoms with van der Waals surface area (Å²) in [5, 5.41) is 14.5. The second kappa shape index (κ2) is 10.6. The lowest BCUT2D eigenvalue weighted by molar-refractivity contribution is 0.0478. The van der Waals surface area contributed by atoms with E-state index in [9.17, 15) is 14.7 Å². The van der Waals surface area contributed by atoms with Gasteiger partial charge in [-0.15, -0.1) is 0 Å². The lowest BCUT2D eigenvalue weighted by Crippen LogP contribution is -2.41. The van der Waals surface area contributed by atoms with Gasteiger partial charge in [0.1, 0.15) is 12.2 Å². The lowest BCUT2D eigenvalue weighted by atomic mass is 10.1. The fraction of sp³-hybridized carbons (Fsp3) is 0.556. The number of benzene rings is 1. The zero-order valence-electron chi connectivity index (χ0n) is 15.1. The Labute approximate surface area is 148 Å². The molecule has 7 heteroatoms. The van der Waals surface area contributed by atoms with E-state index in [2.05, 4.69) is 10.6 Å². The molecule has 1 aromatic rings. The number of ether oxygens (including phenoxy) is 2. The van der Waals surface area contributed by atoms with Crippen LogP contribution in [-0.4, -0.2) is 42.1 Å². The Bertz CT molecular complexity index is 528. The van der Waals surface area contributed by atoms with Crippen molar-refractivity contribution in [3.8, 4) is 0 Å². The van der Waals surface area contributed by atoms with Gasteiger partial charge in [0, 0.05) is 6.54 Å². The Hall–Kier alpha value is -2.28. The molecule has 0 heterocycles. The van der Waals surface area contributed by atoms with Crippen LogP contribution in [0.4, 0.5) is 9.59 Å². The number of carbonyl (C=O) groups is 2. The summed E-state index contributed by atoms with van der Waals surface area (Å²) in [5.74, 6) is 0. The van der Waals surface area contributed by atoms with Gasteiger partial charge in [0.2, 0.25) is 0 Å². The number of rotatable bonds is 8. The number of alkyl carbamates (subject to hydrolysis) is 2. The predicted molar refractivity (Wildman–Crippen MR) is 94.1 cm³/mol. The number of aliphatic hydroxyl groups is 1. The molecule has 3 N–H and O–H groups in total. The summed E-state index contributed by atoms with van der Waals surface area (Å²) in [6, 6.07) is 8.99. The Morgan fingerprint density at radius 2 is 1.84 bits per heavy atom. The number of nitrogens with one attached hydrogen (secondary N) is 2. The second-order valence-electron chi connectivity index (χ2n) is 6.66. The maximum atomic E-state index is 11.7. The number of hydrogen-bond acceptors (Lipinski definition) is 5. The highest BCUT2D eigenvalue weighted by Gasteiger charge is 2.19. The minimum atomic E-state index is -0.589. The van der Waals surface area contributed by atoms with Crippen LogP contribution in [0.25, 0.3) is 0 Å². The van der Waals surface area contributed by atoms with Crippen molar-refractivity contribution in [3.05, 3.63) is 35.9 Å². The maximum absolute atomic E-state index is 11.7. The first-order valence-electron chi connectivity index (χ1n) is 8.35. The monoisotopic (exact) mass is 352 g/mol. The quantitative estimate of drug-likeness (QED) is 0.625. The van der Waals surface area contributed by atoms with Gasteiger partial charge in [-0.25, -0.2) is 9.59 Å². The smallest absolute Gasteiger partial charge is 0.407 e. The van der Waals surface area contributed by atoms with E-state index in [1.807, 2.05) is 30.3 Å². The molecule has 0 aliphatic rings. The topological polar surface area (TPSA) is 96.9 Å². The molecule has 0 fully saturated rings. The van der Waals surface area contributed by atoms with E-state index in [1.54, 1.807) is 20.8 Å². The summed E-state index contributed by atoms with van der Waals surface area (Å²) < 4.78 is 10.2. The van der Waals surface area contributed by atoms with Crippen molar-refractivity contribution in [1.29, 1.82) is 0 Å². The van der Waals surface area contributed by atoms with Crippen LogP contribution >= 0.6 is 0 Å². The second-order valence-corrected chi connectivity index (χ2v) is 6.66. The van der Waals surface area contributed by atoms with E-state index in [0.29, 0.717) is 19.4 Å². The van der Waals surface area contributed by atoms with E-state index in [1.165, 1.54) is 0 Å². The summed E-state index contributed by atoms with van der Waals surface area (Å²) in [5.41, 5.74) is 0.327. The van der Waals surface area contributed by atoms with Crippen molar-refractivity contribution in [3.63, 3.8) is 0 Å². The zero-order chi connectivity index (χ0) is 18.7. The molecule has 1 aromatic carbocycles. The first-order chi connectivity index (χ1) is 11.8. The Kier molecular flexibility index (Phi) is 8.77. The van der Waals surface area contributed by atoms with Gasteiger partial charge in [0.15, 0.2) is 0 Å². The molecule has 0 saturated carbocycles. The molecular weight excluding hydrogens is 324 g/mol. The van der Waals surface area contributed by atoms with Gasteiger partial charge in [-0.05, 0) is 39.2 Å². The summed E-state index contributed by atoms with van der Waals surface area (Å²) in [7, 11) is 0. The summed E-state index contributed by atoms with van der Waals surface area (Å²) in [4.78, 5) is 23.2. The predicted octanol–water partition coefficient (Wildman–Crippen LogP) is 2.58. The van der Waals surface area contributed by atoms with E-state index in [-0.39, 0.29) is 13.2 Å². The number of hydrogen-bond donors (Lipinski definition) is 3. The Balaban J connectivity index is 2.17. The molecule has 25 heavy (non-hydrogen) atoms. The van der Waals surface area contributed by atoms with Crippen molar-refractivity contribution in [2.45, 2.75) is 51.9 Å². The normalized spacial score (nSPS) is 12.2. The van der Waals surface area contributed by atoms with Crippen LogP contribution in [0.15, 0.2) is 30.3 Å². The van der Waals surface area contributed by atoms with Crippen LogP contribution < -0.4 is 10.6 Å². The lowest BCUT2D eigenvalue weighted by Gasteiger charge is -2.22. The SMILES string of the molecule is CC(C)(C)OC(=O)N[C@@H](CO)CCCNC(=O)OCc1ccccc1. The highest BCUT2D eigenvalue weighted by molar-refractivity contribution is 5.68. The third-order valence-corrected chi connectivity index (χ3v) is 3.15. The van der Waals surface area contributed by atoms with Gasteiger partial charge < -0.3 is 25.2 Å². The molecule has 0 aliphatic heterocycles. The summed E-state index contributed by atoms with van der Waals surface area (Å²) in [6.07, 6.45) is 0.0298. The van der Waals surface area contributed by atoms with Gasteiger partial charge in [0.25, 0.3) is 0 Å². The highest BCUT2D eigenvalue weighted by Crippen LogP contribution is 2.07. The molecule has 7 nitrogen and oxygen atoms in total. The Morgan fingerprint density at radius 3 is 2.44 bits per heavy atom. The van der Waals surface area contributed by atoms with Crippen molar-refractivity contribution in [1.82, 2.24) is 10.6 Å². The van der Waals surface area contributed by atoms with Crippen LogP contribution in [0.5, 0.6) is 0 Å². The van der Waals surface area contributed by atoms with E-state index in [0.717, 1.165) is 5.56 Å². The largest absolute Gasteiger partial charge is 0.445 e. The molecule has 0 radical (unpaired) electrons. The van der Waals surface area contributed by atoms with Crippen molar-refractivity contribution in [2.24, 2.45) is 0 Å². The Morgan fingerprint density at radius 1 is 1.16 bits per heavy atom. The molecule has 1 rings (SSSR count). The van der Waals surface area contributed by atoms with E-state index < -0.39 is 23.8 Å². The van der Waals surface area contributed by atoms with Gasteiger partial charge in [-0.2, -0.15) is 0 Å². The molecule has 0 unspecified atom stereocenters. The minimum absolute atomic E-state index is 0.197. The first kappa shape index (κ1) is 20.8. The number of carbonyl (C=O) groups excluding carboxylic acids is 2. The number of aliphatic hydroxyl groups excluding tert-OH is 1. The van der Waals surface area contributed by atoms with E-state index in [4.69, 9.17) is 9.47 Å². The third kappa shape index (κ3) is 10.2. The maximum Gasteiger partial charge on any atom is 0.407 e. The molecule has 1 atom stereocenters. The van der Waals surface area contributed by atoms with Crippen LogP contribution in [0.3, 0.4) is 0 Å². The minimum Gasteiger partial charge on any atom is -0.445 e. The summed E-state index contributed by atoms with van der Waals surface area (Å²) >= 11 is 0. The van der Waals surface area contributed by atoms with Crippen molar-refractivity contribution < 1.29 is 24.2 Å². The fourth-order valence-corrected chi connectivity index (χ4v) is 2.00. The molecule has 0 bridgehead atoms. The van der Waals surface area contributed by atoms with Crippen LogP contribution in [0, 0.1) is 0 Å². The van der Waals surface area contributed by atoms with Gasteiger partial charge >= 0.3 is 12.2 Å². The standard InChI is InChI=1S/C18H28N2O5/c1-18(2,3)25-17(23)20-15(12-21)10-7-11-19-16(22)24-13-14-8-5-4-6-9-14/h4-6,8-9,15,21H,7,10-13H2,1-3H3,(H,19,22)(H,20,23)/t15-/m1/s1. The molecule has 0 aromatic heterocycles. The van der Waals surface area contributed by atoms with Crippen molar-refractivity contribution in [2.75, 3.05) is 13.2 Å². The molecule has 0 saturated heterocycles. The highest BCUT2D eigenvalue weighted by atomic mass is 16.6. The van der Waals surface area contributed by atoms with Crippen molar-refractivity contribution >= 4 is 12.2 Å². The van der Waals surface area contributed by atoms with Crippen LogP contribution in [0.1, 0.15) is 39.2 Å². The summed E-state index contributed by atoms with van der Waals surface area (Å²) in [6.45, 7) is 5.71.